The molecule has 4 heteroatoms. The number of hydrogen-bond acceptors (Lipinski definition) is 4. The molecule has 0 aromatic heterocycles. The lowest BCUT2D eigenvalue weighted by atomic mass is 10.1. The molecule has 1 atom stereocenters. The smallest absolute Gasteiger partial charge is 0.150 e. The second-order valence-corrected chi connectivity index (χ2v) is 4.75. The molecule has 4 nitrogen and oxygen atoms in total. The molecule has 0 aliphatic rings. The summed E-state index contributed by atoms with van der Waals surface area (Å²) in [6.07, 6.45) is 2.87. The van der Waals surface area contributed by atoms with Crippen molar-refractivity contribution >= 4 is 12.0 Å². The molecule has 106 valence electrons. The minimum Gasteiger partial charge on any atom is -0.506 e. The predicted molar refractivity (Wildman–Crippen MR) is 79.0 cm³/mol. The van der Waals surface area contributed by atoms with E-state index in [-0.39, 0.29) is 5.75 Å². The number of anilines is 1. The lowest BCUT2D eigenvalue weighted by Gasteiger charge is -2.26. The Labute approximate surface area is 115 Å². The molecule has 1 unspecified atom stereocenters. The van der Waals surface area contributed by atoms with Gasteiger partial charge in [-0.05, 0) is 44.6 Å². The first-order valence-corrected chi connectivity index (χ1v) is 6.84. The normalized spacial score (nSPS) is 12.4. The number of carbonyl (C=O) groups is 1. The lowest BCUT2D eigenvalue weighted by Crippen LogP contribution is -2.32. The largest absolute Gasteiger partial charge is 0.506 e. The number of aromatic hydroxyl groups is 1. The number of hydrogen-bond donors (Lipinski definition) is 2. The van der Waals surface area contributed by atoms with Crippen LogP contribution in [0.25, 0.3) is 0 Å². The van der Waals surface area contributed by atoms with Gasteiger partial charge in [-0.2, -0.15) is 0 Å². The second-order valence-electron chi connectivity index (χ2n) is 4.75. The first-order chi connectivity index (χ1) is 9.12. The van der Waals surface area contributed by atoms with Gasteiger partial charge in [-0.1, -0.05) is 13.8 Å². The van der Waals surface area contributed by atoms with Gasteiger partial charge >= 0.3 is 0 Å². The van der Waals surface area contributed by atoms with E-state index in [1.54, 1.807) is 12.1 Å². The molecule has 0 fully saturated rings. The van der Waals surface area contributed by atoms with Crippen LogP contribution in [0.1, 0.15) is 37.0 Å². The van der Waals surface area contributed by atoms with Crippen LogP contribution >= 0.6 is 0 Å². The monoisotopic (exact) mass is 264 g/mol. The van der Waals surface area contributed by atoms with Gasteiger partial charge in [-0.25, -0.2) is 0 Å². The highest BCUT2D eigenvalue weighted by Gasteiger charge is 2.10. The third-order valence-electron chi connectivity index (χ3n) is 3.54. The maximum atomic E-state index is 10.6. The van der Waals surface area contributed by atoms with Gasteiger partial charge in [0.1, 0.15) is 12.0 Å². The van der Waals surface area contributed by atoms with Crippen molar-refractivity contribution in [1.29, 1.82) is 0 Å². The number of nitrogens with zero attached hydrogens (tertiary/aromatic N) is 1. The van der Waals surface area contributed by atoms with E-state index < -0.39 is 0 Å². The van der Waals surface area contributed by atoms with E-state index in [0.29, 0.717) is 17.3 Å². The summed E-state index contributed by atoms with van der Waals surface area (Å²) in [6.45, 7) is 6.18. The molecule has 0 radical (unpaired) electrons. The molecule has 0 aliphatic heterocycles. The molecule has 2 N–H and O–H groups in total. The molecule has 19 heavy (non-hydrogen) atoms. The summed E-state index contributed by atoms with van der Waals surface area (Å²) in [5, 5.41) is 13.0. The van der Waals surface area contributed by atoms with Gasteiger partial charge in [-0.15, -0.1) is 0 Å². The third kappa shape index (κ3) is 4.56. The fourth-order valence-electron chi connectivity index (χ4n) is 2.14. The molecule has 1 aromatic rings. The molecule has 0 aliphatic carbocycles. The van der Waals surface area contributed by atoms with Gasteiger partial charge in [0, 0.05) is 18.2 Å². The van der Waals surface area contributed by atoms with Crippen molar-refractivity contribution in [2.24, 2.45) is 0 Å². The Morgan fingerprint density at radius 2 is 2.16 bits per heavy atom. The number of rotatable bonds is 8. The minimum absolute atomic E-state index is 0.126. The van der Waals surface area contributed by atoms with Crippen molar-refractivity contribution in [3.63, 3.8) is 0 Å². The quantitative estimate of drug-likeness (QED) is 0.560. The van der Waals surface area contributed by atoms with Crippen molar-refractivity contribution in [3.8, 4) is 5.75 Å². The fourth-order valence-corrected chi connectivity index (χ4v) is 2.14. The van der Waals surface area contributed by atoms with Gasteiger partial charge in [0.2, 0.25) is 0 Å². The van der Waals surface area contributed by atoms with Crippen molar-refractivity contribution in [1.82, 2.24) is 4.90 Å². The molecule has 0 heterocycles. The maximum absolute atomic E-state index is 10.6. The highest BCUT2D eigenvalue weighted by atomic mass is 16.3. The molecule has 0 saturated heterocycles. The molecular formula is C15H24N2O2. The summed E-state index contributed by atoms with van der Waals surface area (Å²) >= 11 is 0. The van der Waals surface area contributed by atoms with Gasteiger partial charge in [0.15, 0.2) is 0 Å². The Morgan fingerprint density at radius 3 is 2.68 bits per heavy atom. The van der Waals surface area contributed by atoms with Crippen molar-refractivity contribution in [3.05, 3.63) is 23.8 Å². The molecule has 0 amide bonds. The van der Waals surface area contributed by atoms with Crippen LogP contribution in [0.5, 0.6) is 5.75 Å². The Morgan fingerprint density at radius 1 is 1.42 bits per heavy atom. The number of carbonyl (C=O) groups excluding carboxylic acids is 1. The Balaban J connectivity index is 2.50. The van der Waals surface area contributed by atoms with E-state index in [1.165, 1.54) is 6.07 Å². The second kappa shape index (κ2) is 7.79. The van der Waals surface area contributed by atoms with Gasteiger partial charge in [0.25, 0.3) is 0 Å². The molecule has 0 saturated carbocycles. The lowest BCUT2D eigenvalue weighted by molar-refractivity contribution is 0.112. The summed E-state index contributed by atoms with van der Waals surface area (Å²) in [5.41, 5.74) is 1.17. The van der Waals surface area contributed by atoms with Crippen molar-refractivity contribution < 1.29 is 9.90 Å². The number of aldehydes is 1. The summed E-state index contributed by atoms with van der Waals surface area (Å²) in [4.78, 5) is 12.9. The maximum Gasteiger partial charge on any atom is 0.150 e. The zero-order valence-corrected chi connectivity index (χ0v) is 12.0. The van der Waals surface area contributed by atoms with Crippen LogP contribution in [0.15, 0.2) is 18.2 Å². The first-order valence-electron chi connectivity index (χ1n) is 6.84. The topological polar surface area (TPSA) is 52.6 Å². The van der Waals surface area contributed by atoms with E-state index in [4.69, 9.17) is 0 Å². The summed E-state index contributed by atoms with van der Waals surface area (Å²) in [5.74, 6) is 0.126. The van der Waals surface area contributed by atoms with Crippen LogP contribution in [0.2, 0.25) is 0 Å². The van der Waals surface area contributed by atoms with Crippen LogP contribution in [-0.2, 0) is 0 Å². The van der Waals surface area contributed by atoms with E-state index in [1.807, 2.05) is 0 Å². The number of benzene rings is 1. The summed E-state index contributed by atoms with van der Waals surface area (Å²) < 4.78 is 0. The fraction of sp³-hybridized carbons (Fsp3) is 0.533. The number of nitrogens with one attached hydrogen (secondary N) is 1. The zero-order valence-electron chi connectivity index (χ0n) is 12.0. The third-order valence-corrected chi connectivity index (χ3v) is 3.54. The van der Waals surface area contributed by atoms with Crippen LogP contribution in [-0.4, -0.2) is 42.5 Å². The van der Waals surface area contributed by atoms with Crippen molar-refractivity contribution in [2.75, 3.05) is 25.5 Å². The van der Waals surface area contributed by atoms with E-state index in [2.05, 4.69) is 31.1 Å². The number of phenols is 1. The molecule has 0 spiro atoms. The van der Waals surface area contributed by atoms with Gasteiger partial charge in [-0.3, -0.25) is 4.79 Å². The van der Waals surface area contributed by atoms with Crippen LogP contribution in [0.3, 0.4) is 0 Å². The standard InChI is InChI=1S/C15H24N2O2/c1-4-13(17(3)5-2)8-9-16-14-7-6-12(11-18)10-15(14)19/h6-7,10-11,13,16,19H,4-5,8-9H2,1-3H3. The van der Waals surface area contributed by atoms with E-state index >= 15 is 0 Å². The van der Waals surface area contributed by atoms with Crippen LogP contribution < -0.4 is 5.32 Å². The van der Waals surface area contributed by atoms with Crippen LogP contribution in [0, 0.1) is 0 Å². The van der Waals surface area contributed by atoms with Crippen LogP contribution in [0.4, 0.5) is 5.69 Å². The highest BCUT2D eigenvalue weighted by molar-refractivity contribution is 5.77. The average molecular weight is 264 g/mol. The summed E-state index contributed by atoms with van der Waals surface area (Å²) in [7, 11) is 2.13. The molecule has 0 bridgehead atoms. The Kier molecular flexibility index (Phi) is 6.36. The highest BCUT2D eigenvalue weighted by Crippen LogP contribution is 2.23. The summed E-state index contributed by atoms with van der Waals surface area (Å²) in [6, 6.07) is 5.47. The SMILES string of the molecule is CCC(CCNc1ccc(C=O)cc1O)N(C)CC. The number of phenolic OH excluding ortho intramolecular Hbond substituents is 1. The van der Waals surface area contributed by atoms with Crippen molar-refractivity contribution in [2.45, 2.75) is 32.7 Å². The minimum atomic E-state index is 0.126. The van der Waals surface area contributed by atoms with Gasteiger partial charge in [0.05, 0.1) is 5.69 Å². The molecule has 1 aromatic carbocycles. The average Bonchev–Trinajstić information content (AvgIpc) is 2.44. The Bertz CT molecular complexity index is 407. The first kappa shape index (κ1) is 15.5. The Hall–Kier alpha value is -1.55. The zero-order chi connectivity index (χ0) is 14.3. The van der Waals surface area contributed by atoms with Gasteiger partial charge < -0.3 is 15.3 Å². The predicted octanol–water partition coefficient (Wildman–Crippen LogP) is 2.74. The molecule has 1 rings (SSSR count). The van der Waals surface area contributed by atoms with E-state index in [9.17, 15) is 9.90 Å². The van der Waals surface area contributed by atoms with E-state index in [0.717, 1.165) is 32.2 Å². The molecular weight excluding hydrogens is 240 g/mol.